The smallest absolute Gasteiger partial charge is 0.243 e. The first-order valence-corrected chi connectivity index (χ1v) is 11.2. The predicted octanol–water partition coefficient (Wildman–Crippen LogP) is 5.25. The highest BCUT2D eigenvalue weighted by Crippen LogP contribution is 2.22. The Morgan fingerprint density at radius 1 is 1.19 bits per heavy atom. The van der Waals surface area contributed by atoms with E-state index in [9.17, 15) is 4.79 Å². The van der Waals surface area contributed by atoms with Gasteiger partial charge < -0.3 is 14.6 Å². The Balaban J connectivity index is 1.52. The normalized spacial score (nSPS) is 11.9. The number of fused-ring (bicyclic) bond motifs is 1. The molecular weight excluding hydrogens is 386 g/mol. The molecule has 31 heavy (non-hydrogen) atoms. The average Bonchev–Trinajstić information content (AvgIpc) is 3.16. The van der Waals surface area contributed by atoms with Crippen LogP contribution in [0, 0.1) is 0 Å². The standard InChI is InChI=1S/C26H33N3O2/c1-4-20(3)21-12-14-22(15-13-21)31-19-9-8-18-29-24-11-7-6-10-23(24)28-25(29)16-17-27-26(30)5-2/h5-7,10-15,20H,2,4,8-9,16-19H2,1,3H3,(H,27,30). The lowest BCUT2D eigenvalue weighted by Crippen LogP contribution is -2.24. The van der Waals surface area contributed by atoms with Crippen LogP contribution in [0.25, 0.3) is 11.0 Å². The molecule has 0 aliphatic rings. The summed E-state index contributed by atoms with van der Waals surface area (Å²) >= 11 is 0. The first kappa shape index (κ1) is 22.6. The van der Waals surface area contributed by atoms with Crippen molar-refractivity contribution in [3.8, 4) is 5.75 Å². The lowest BCUT2D eigenvalue weighted by molar-refractivity contribution is -0.116. The summed E-state index contributed by atoms with van der Waals surface area (Å²) in [6.45, 7) is 10.1. The van der Waals surface area contributed by atoms with Crippen molar-refractivity contribution in [1.82, 2.24) is 14.9 Å². The van der Waals surface area contributed by atoms with Gasteiger partial charge in [-0.1, -0.05) is 44.7 Å². The van der Waals surface area contributed by atoms with Gasteiger partial charge in [0.25, 0.3) is 0 Å². The molecule has 0 radical (unpaired) electrons. The fourth-order valence-electron chi connectivity index (χ4n) is 3.63. The van der Waals surface area contributed by atoms with Crippen molar-refractivity contribution in [2.24, 2.45) is 0 Å². The minimum Gasteiger partial charge on any atom is -0.494 e. The molecular formula is C26H33N3O2. The van der Waals surface area contributed by atoms with E-state index in [0.29, 0.717) is 25.5 Å². The van der Waals surface area contributed by atoms with E-state index in [0.717, 1.165) is 48.4 Å². The lowest BCUT2D eigenvalue weighted by Gasteiger charge is -2.12. The largest absolute Gasteiger partial charge is 0.494 e. The second-order valence-corrected chi connectivity index (χ2v) is 7.85. The number of nitrogens with one attached hydrogen (secondary N) is 1. The van der Waals surface area contributed by atoms with E-state index < -0.39 is 0 Å². The Kier molecular flexibility index (Phi) is 8.27. The monoisotopic (exact) mass is 419 g/mol. The molecule has 1 heterocycles. The first-order chi connectivity index (χ1) is 15.1. The minimum atomic E-state index is -0.156. The number of aromatic nitrogens is 2. The number of hydrogen-bond donors (Lipinski definition) is 1. The third kappa shape index (κ3) is 6.20. The summed E-state index contributed by atoms with van der Waals surface area (Å²) in [5.41, 5.74) is 3.48. The molecule has 0 bridgehead atoms. The topological polar surface area (TPSA) is 56.2 Å². The van der Waals surface area contributed by atoms with Gasteiger partial charge in [-0.3, -0.25) is 4.79 Å². The van der Waals surface area contributed by atoms with Gasteiger partial charge in [0.15, 0.2) is 0 Å². The number of rotatable bonds is 12. The van der Waals surface area contributed by atoms with Crippen molar-refractivity contribution >= 4 is 16.9 Å². The predicted molar refractivity (Wildman–Crippen MR) is 127 cm³/mol. The van der Waals surface area contributed by atoms with Crippen molar-refractivity contribution in [3.63, 3.8) is 0 Å². The van der Waals surface area contributed by atoms with Gasteiger partial charge in [-0.15, -0.1) is 0 Å². The average molecular weight is 420 g/mol. The first-order valence-electron chi connectivity index (χ1n) is 11.2. The molecule has 1 unspecified atom stereocenters. The van der Waals surface area contributed by atoms with Crippen LogP contribution in [0.15, 0.2) is 61.2 Å². The number of amides is 1. The highest BCUT2D eigenvalue weighted by atomic mass is 16.5. The molecule has 2 aromatic carbocycles. The highest BCUT2D eigenvalue weighted by molar-refractivity contribution is 5.86. The maximum Gasteiger partial charge on any atom is 0.243 e. The molecule has 1 N–H and O–H groups in total. The Labute approximate surface area is 185 Å². The second kappa shape index (κ2) is 11.3. The van der Waals surface area contributed by atoms with Gasteiger partial charge in [0, 0.05) is 19.5 Å². The molecule has 0 spiro atoms. The SMILES string of the molecule is C=CC(=O)NCCc1nc2ccccc2n1CCCCOc1ccc(C(C)CC)cc1. The van der Waals surface area contributed by atoms with Gasteiger partial charge in [0.05, 0.1) is 17.6 Å². The molecule has 5 heteroatoms. The van der Waals surface area contributed by atoms with E-state index in [-0.39, 0.29) is 5.91 Å². The number of ether oxygens (including phenoxy) is 1. The Hall–Kier alpha value is -3.08. The second-order valence-electron chi connectivity index (χ2n) is 7.85. The fourth-order valence-corrected chi connectivity index (χ4v) is 3.63. The summed E-state index contributed by atoms with van der Waals surface area (Å²) in [5, 5.41) is 2.83. The van der Waals surface area contributed by atoms with Gasteiger partial charge in [0.2, 0.25) is 5.91 Å². The Morgan fingerprint density at radius 3 is 2.71 bits per heavy atom. The van der Waals surface area contributed by atoms with Crippen LogP contribution in [0.2, 0.25) is 0 Å². The van der Waals surface area contributed by atoms with Crippen LogP contribution in [-0.2, 0) is 17.8 Å². The number of hydrogen-bond acceptors (Lipinski definition) is 3. The number of unbranched alkanes of at least 4 members (excludes halogenated alkanes) is 1. The molecule has 0 fully saturated rings. The number of carbonyl (C=O) groups is 1. The zero-order chi connectivity index (χ0) is 22.1. The molecule has 164 valence electrons. The number of benzene rings is 2. The summed E-state index contributed by atoms with van der Waals surface area (Å²) in [5.74, 6) is 2.35. The van der Waals surface area contributed by atoms with Gasteiger partial charge in [-0.2, -0.15) is 0 Å². The van der Waals surface area contributed by atoms with Gasteiger partial charge in [-0.05, 0) is 61.1 Å². The maximum absolute atomic E-state index is 11.4. The van der Waals surface area contributed by atoms with Gasteiger partial charge in [0.1, 0.15) is 11.6 Å². The summed E-state index contributed by atoms with van der Waals surface area (Å²) in [6.07, 6.45) is 5.09. The molecule has 3 aromatic rings. The molecule has 5 nitrogen and oxygen atoms in total. The lowest BCUT2D eigenvalue weighted by atomic mass is 9.99. The van der Waals surface area contributed by atoms with Crippen LogP contribution in [0.3, 0.4) is 0 Å². The van der Waals surface area contributed by atoms with Crippen LogP contribution >= 0.6 is 0 Å². The van der Waals surface area contributed by atoms with Crippen LogP contribution in [0.4, 0.5) is 0 Å². The number of para-hydroxylation sites is 2. The van der Waals surface area contributed by atoms with Crippen LogP contribution in [-0.4, -0.2) is 28.6 Å². The van der Waals surface area contributed by atoms with Gasteiger partial charge in [-0.25, -0.2) is 4.98 Å². The summed E-state index contributed by atoms with van der Waals surface area (Å²) in [4.78, 5) is 16.2. The molecule has 1 aromatic heterocycles. The molecule has 0 aliphatic carbocycles. The molecule has 1 atom stereocenters. The third-order valence-corrected chi connectivity index (χ3v) is 5.67. The van der Waals surface area contributed by atoms with Crippen molar-refractivity contribution in [2.75, 3.05) is 13.2 Å². The maximum atomic E-state index is 11.4. The van der Waals surface area contributed by atoms with Crippen molar-refractivity contribution < 1.29 is 9.53 Å². The summed E-state index contributed by atoms with van der Waals surface area (Å²) in [6, 6.07) is 16.6. The van der Waals surface area contributed by atoms with E-state index >= 15 is 0 Å². The fraction of sp³-hybridized carbons (Fsp3) is 0.385. The number of carbonyl (C=O) groups excluding carboxylic acids is 1. The van der Waals surface area contributed by atoms with Crippen molar-refractivity contribution in [1.29, 1.82) is 0 Å². The molecule has 0 saturated carbocycles. The van der Waals surface area contributed by atoms with Crippen molar-refractivity contribution in [2.45, 2.75) is 52.0 Å². The Bertz CT molecular complexity index is 992. The molecule has 1 amide bonds. The van der Waals surface area contributed by atoms with E-state index in [1.54, 1.807) is 0 Å². The van der Waals surface area contributed by atoms with E-state index in [1.807, 2.05) is 18.2 Å². The quantitative estimate of drug-likeness (QED) is 0.322. The van der Waals surface area contributed by atoms with Crippen LogP contribution in [0.5, 0.6) is 5.75 Å². The van der Waals surface area contributed by atoms with E-state index in [2.05, 4.69) is 60.6 Å². The zero-order valence-electron chi connectivity index (χ0n) is 18.6. The molecule has 0 aliphatic heterocycles. The minimum absolute atomic E-state index is 0.156. The summed E-state index contributed by atoms with van der Waals surface area (Å²) < 4.78 is 8.19. The molecule has 3 rings (SSSR count). The van der Waals surface area contributed by atoms with Gasteiger partial charge >= 0.3 is 0 Å². The van der Waals surface area contributed by atoms with Crippen LogP contribution < -0.4 is 10.1 Å². The third-order valence-electron chi connectivity index (χ3n) is 5.67. The summed E-state index contributed by atoms with van der Waals surface area (Å²) in [7, 11) is 0. The number of nitrogens with zero attached hydrogens (tertiary/aromatic N) is 2. The number of aryl methyl sites for hydroxylation is 1. The number of imidazole rings is 1. The van der Waals surface area contributed by atoms with Crippen LogP contribution in [0.1, 0.15) is 50.4 Å². The van der Waals surface area contributed by atoms with E-state index in [1.165, 1.54) is 11.6 Å². The van der Waals surface area contributed by atoms with E-state index in [4.69, 9.17) is 9.72 Å². The molecule has 0 saturated heterocycles. The van der Waals surface area contributed by atoms with Crippen molar-refractivity contribution in [3.05, 3.63) is 72.6 Å². The highest BCUT2D eigenvalue weighted by Gasteiger charge is 2.10. The Morgan fingerprint density at radius 2 is 1.97 bits per heavy atom. The zero-order valence-corrected chi connectivity index (χ0v) is 18.6.